The third-order valence-electron chi connectivity index (χ3n) is 2.51. The molecule has 1 rings (SSSR count). The zero-order chi connectivity index (χ0) is 10.7. The normalized spacial score (nSPS) is 12.6. The molecule has 2 nitrogen and oxygen atoms in total. The molecule has 0 fully saturated rings. The lowest BCUT2D eigenvalue weighted by atomic mass is 10.0. The van der Waals surface area contributed by atoms with Crippen molar-refractivity contribution in [3.8, 4) is 0 Å². The van der Waals surface area contributed by atoms with Gasteiger partial charge in [-0.05, 0) is 12.8 Å². The van der Waals surface area contributed by atoms with Gasteiger partial charge < -0.3 is 0 Å². The molecule has 0 spiro atoms. The van der Waals surface area contributed by atoms with Crippen LogP contribution in [0.15, 0.2) is 11.8 Å². The van der Waals surface area contributed by atoms with Gasteiger partial charge in [0.25, 0.3) is 0 Å². The molecular formula is C11H17ClN2. The molecule has 1 aromatic heterocycles. The van der Waals surface area contributed by atoms with E-state index in [9.17, 15) is 0 Å². The summed E-state index contributed by atoms with van der Waals surface area (Å²) in [6.07, 6.45) is 4.02. The van der Waals surface area contributed by atoms with Crippen molar-refractivity contribution in [1.29, 1.82) is 0 Å². The molecular weight excluding hydrogens is 196 g/mol. The Balaban J connectivity index is 3.00. The Morgan fingerprint density at radius 2 is 2.29 bits per heavy atom. The summed E-state index contributed by atoms with van der Waals surface area (Å²) in [5.74, 6) is 1.08. The molecule has 0 amide bonds. The zero-order valence-corrected chi connectivity index (χ0v) is 9.97. The molecule has 0 unspecified atom stereocenters. The molecule has 0 aliphatic rings. The van der Waals surface area contributed by atoms with E-state index in [1.165, 1.54) is 11.3 Å². The Bertz CT molecular complexity index is 337. The van der Waals surface area contributed by atoms with Crippen molar-refractivity contribution in [1.82, 2.24) is 9.78 Å². The van der Waals surface area contributed by atoms with Gasteiger partial charge in [-0.2, -0.15) is 5.10 Å². The Kier molecular flexibility index (Phi) is 3.76. The quantitative estimate of drug-likeness (QED) is 0.705. The maximum absolute atomic E-state index is 5.88. The summed E-state index contributed by atoms with van der Waals surface area (Å²) >= 11 is 5.88. The second-order valence-corrected chi connectivity index (χ2v) is 4.08. The van der Waals surface area contributed by atoms with Gasteiger partial charge in [-0.15, -0.1) is 11.6 Å². The van der Waals surface area contributed by atoms with Gasteiger partial charge in [0.2, 0.25) is 0 Å². The number of halogens is 1. The number of alkyl halides is 1. The predicted molar refractivity (Wildman–Crippen MR) is 61.5 cm³/mol. The molecule has 0 aliphatic heterocycles. The molecule has 0 atom stereocenters. The minimum absolute atomic E-state index is 0.493. The summed E-state index contributed by atoms with van der Waals surface area (Å²) in [6.45, 7) is 6.37. The zero-order valence-electron chi connectivity index (χ0n) is 9.21. The fraction of sp³-hybridized carbons (Fsp3) is 0.545. The lowest BCUT2D eigenvalue weighted by Gasteiger charge is -2.07. The highest BCUT2D eigenvalue weighted by Crippen LogP contribution is 2.17. The van der Waals surface area contributed by atoms with Gasteiger partial charge in [0, 0.05) is 24.2 Å². The number of rotatable bonds is 3. The summed E-state index contributed by atoms with van der Waals surface area (Å²) in [4.78, 5) is 0. The van der Waals surface area contributed by atoms with Gasteiger partial charge in [0.05, 0.1) is 6.20 Å². The van der Waals surface area contributed by atoms with Gasteiger partial charge in [-0.1, -0.05) is 25.5 Å². The monoisotopic (exact) mass is 212 g/mol. The van der Waals surface area contributed by atoms with E-state index in [0.29, 0.717) is 11.8 Å². The standard InChI is InChI=1S/C11H17ClN2/c1-8(2)10(6-12)5-11-7-13-14(4)9(11)3/h5,7-8H,6H2,1-4H3/b10-5-. The summed E-state index contributed by atoms with van der Waals surface area (Å²) < 4.78 is 1.87. The van der Waals surface area contributed by atoms with Crippen LogP contribution in [0.3, 0.4) is 0 Å². The number of nitrogens with zero attached hydrogens (tertiary/aromatic N) is 2. The van der Waals surface area contributed by atoms with Crippen LogP contribution in [0.1, 0.15) is 25.1 Å². The third kappa shape index (κ3) is 2.38. The van der Waals surface area contributed by atoms with Crippen LogP contribution in [0.25, 0.3) is 6.08 Å². The lowest BCUT2D eigenvalue weighted by Crippen LogP contribution is -1.96. The SMILES string of the molecule is Cc1c(/C=C(/CCl)C(C)C)cnn1C. The molecule has 1 heterocycles. The molecule has 3 heteroatoms. The summed E-state index contributed by atoms with van der Waals surface area (Å²) in [5, 5.41) is 4.19. The summed E-state index contributed by atoms with van der Waals surface area (Å²) in [7, 11) is 1.95. The van der Waals surface area contributed by atoms with Crippen molar-refractivity contribution in [2.75, 3.05) is 5.88 Å². The Morgan fingerprint density at radius 1 is 1.64 bits per heavy atom. The van der Waals surface area contributed by atoms with Crippen molar-refractivity contribution in [2.24, 2.45) is 13.0 Å². The molecule has 0 aliphatic carbocycles. The highest BCUT2D eigenvalue weighted by molar-refractivity contribution is 6.19. The highest BCUT2D eigenvalue weighted by Gasteiger charge is 2.05. The number of hydrogen-bond acceptors (Lipinski definition) is 1. The average molecular weight is 213 g/mol. The summed E-state index contributed by atoms with van der Waals surface area (Å²) in [6, 6.07) is 0. The molecule has 14 heavy (non-hydrogen) atoms. The first-order valence-corrected chi connectivity index (χ1v) is 5.34. The lowest BCUT2D eigenvalue weighted by molar-refractivity contribution is 0.739. The van der Waals surface area contributed by atoms with Crippen molar-refractivity contribution in [3.63, 3.8) is 0 Å². The molecule has 0 bridgehead atoms. The van der Waals surface area contributed by atoms with E-state index in [1.54, 1.807) is 0 Å². The van der Waals surface area contributed by atoms with E-state index in [-0.39, 0.29) is 0 Å². The molecule has 0 N–H and O–H groups in total. The maximum Gasteiger partial charge on any atom is 0.0564 e. The van der Waals surface area contributed by atoms with Gasteiger partial charge >= 0.3 is 0 Å². The van der Waals surface area contributed by atoms with Crippen LogP contribution in [0, 0.1) is 12.8 Å². The van der Waals surface area contributed by atoms with Crippen LogP contribution in [-0.4, -0.2) is 15.7 Å². The van der Waals surface area contributed by atoms with E-state index in [2.05, 4.69) is 31.9 Å². The van der Waals surface area contributed by atoms with Crippen LogP contribution in [-0.2, 0) is 7.05 Å². The minimum Gasteiger partial charge on any atom is -0.272 e. The number of hydrogen-bond donors (Lipinski definition) is 0. The van der Waals surface area contributed by atoms with Crippen molar-refractivity contribution >= 4 is 17.7 Å². The third-order valence-corrected chi connectivity index (χ3v) is 2.82. The molecule has 78 valence electrons. The second kappa shape index (κ2) is 4.65. The smallest absolute Gasteiger partial charge is 0.0564 e. The number of aryl methyl sites for hydroxylation is 1. The predicted octanol–water partition coefficient (Wildman–Crippen LogP) is 3.01. The van der Waals surface area contributed by atoms with Gasteiger partial charge in [-0.3, -0.25) is 4.68 Å². The van der Waals surface area contributed by atoms with Crippen LogP contribution in [0.5, 0.6) is 0 Å². The topological polar surface area (TPSA) is 17.8 Å². The maximum atomic E-state index is 5.88. The summed E-state index contributed by atoms with van der Waals surface area (Å²) in [5.41, 5.74) is 3.59. The van der Waals surface area contributed by atoms with E-state index >= 15 is 0 Å². The number of allylic oxidation sites excluding steroid dienone is 1. The molecule has 0 radical (unpaired) electrons. The second-order valence-electron chi connectivity index (χ2n) is 3.82. The fourth-order valence-corrected chi connectivity index (χ4v) is 1.60. The van der Waals surface area contributed by atoms with E-state index in [1.807, 2.05) is 17.9 Å². The van der Waals surface area contributed by atoms with Crippen molar-refractivity contribution in [2.45, 2.75) is 20.8 Å². The van der Waals surface area contributed by atoms with E-state index in [4.69, 9.17) is 11.6 Å². The first-order valence-electron chi connectivity index (χ1n) is 4.81. The van der Waals surface area contributed by atoms with E-state index in [0.717, 1.165) is 5.56 Å². The molecule has 1 aromatic rings. The van der Waals surface area contributed by atoms with Crippen LogP contribution < -0.4 is 0 Å². The Labute approximate surface area is 90.6 Å². The first-order chi connectivity index (χ1) is 6.56. The Morgan fingerprint density at radius 3 is 2.64 bits per heavy atom. The van der Waals surface area contributed by atoms with Gasteiger partial charge in [0.15, 0.2) is 0 Å². The Hall–Kier alpha value is -0.760. The minimum atomic E-state index is 0.493. The fourth-order valence-electron chi connectivity index (χ4n) is 1.22. The average Bonchev–Trinajstić information content (AvgIpc) is 2.44. The largest absolute Gasteiger partial charge is 0.272 e. The van der Waals surface area contributed by atoms with Gasteiger partial charge in [0.1, 0.15) is 0 Å². The van der Waals surface area contributed by atoms with Gasteiger partial charge in [-0.25, -0.2) is 0 Å². The van der Waals surface area contributed by atoms with E-state index < -0.39 is 0 Å². The molecule has 0 aromatic carbocycles. The van der Waals surface area contributed by atoms with Crippen molar-refractivity contribution < 1.29 is 0 Å². The van der Waals surface area contributed by atoms with Crippen molar-refractivity contribution in [3.05, 3.63) is 23.0 Å². The van der Waals surface area contributed by atoms with Crippen LogP contribution >= 0.6 is 11.6 Å². The highest BCUT2D eigenvalue weighted by atomic mass is 35.5. The first kappa shape index (κ1) is 11.3. The molecule has 0 saturated carbocycles. The van der Waals surface area contributed by atoms with Crippen LogP contribution in [0.4, 0.5) is 0 Å². The number of aromatic nitrogens is 2. The molecule has 0 saturated heterocycles. The van der Waals surface area contributed by atoms with Crippen LogP contribution in [0.2, 0.25) is 0 Å².